The van der Waals surface area contributed by atoms with Crippen LogP contribution in [0.15, 0.2) is 161 Å². The molecule has 45 heavy (non-hydrogen) atoms. The fourth-order valence-corrected chi connectivity index (χ4v) is 8.45. The summed E-state index contributed by atoms with van der Waals surface area (Å²) in [5, 5.41) is 5.05. The maximum absolute atomic E-state index is 2.18. The van der Waals surface area contributed by atoms with Gasteiger partial charge in [-0.2, -0.15) is 0 Å². The minimum absolute atomic E-state index is 0. The van der Waals surface area contributed by atoms with Crippen molar-refractivity contribution in [3.05, 3.63) is 155 Å². The second kappa shape index (κ2) is 20.4. The van der Waals surface area contributed by atoms with Crippen LogP contribution in [-0.2, 0) is 20.4 Å². The zero-order valence-corrected chi connectivity index (χ0v) is 34.3. The van der Waals surface area contributed by atoms with Crippen LogP contribution in [0.1, 0.15) is 0 Å². The van der Waals surface area contributed by atoms with Crippen LogP contribution in [0.2, 0.25) is 0 Å². The van der Waals surface area contributed by atoms with E-state index in [1.165, 1.54) is 39.7 Å². The van der Waals surface area contributed by atoms with Gasteiger partial charge in [0.05, 0.1) is 0 Å². The van der Waals surface area contributed by atoms with Crippen LogP contribution >= 0.6 is 47.0 Å². The van der Waals surface area contributed by atoms with Crippen LogP contribution in [0.5, 0.6) is 0 Å². The molecule has 2 aliphatic heterocycles. The summed E-state index contributed by atoms with van der Waals surface area (Å²) in [6.07, 6.45) is 0. The molecule has 6 rings (SSSR count). The molecule has 0 unspecified atom stereocenters. The van der Waals surface area contributed by atoms with Gasteiger partial charge in [0.15, 0.2) is 0 Å². The molecule has 2 radical (unpaired) electrons. The van der Waals surface area contributed by atoms with Gasteiger partial charge in [0.2, 0.25) is 0 Å². The van der Waals surface area contributed by atoms with Gasteiger partial charge in [0.1, 0.15) is 33.5 Å². The number of halogens is 2. The maximum Gasteiger partial charge on any atom is 2.00 e. The molecule has 0 atom stereocenters. The molecule has 0 aliphatic carbocycles. The van der Waals surface area contributed by atoms with Gasteiger partial charge >= 0.3 is 20.4 Å². The maximum atomic E-state index is 2.18. The first-order chi connectivity index (χ1) is 20.5. The predicted molar refractivity (Wildman–Crippen MR) is 183 cm³/mol. The van der Waals surface area contributed by atoms with Crippen LogP contribution < -0.4 is 48.0 Å². The standard InChI is InChI=1S/2C17H17N2S2.2HI.Pd/c2*1-18-13-19(2)17(21-15-11-7-4-8-12-15)16(18)20-14-9-5-3-6-10-14;;;/h2*3-13H,1-2H3;2*1H;/q;;;;+2/p-2. The SMILES string of the molecule is CN1[CH]N(C)C(Sc2ccccc2)=C1Sc1ccccc1.CN1[CH]N(C)C(Sc2ccccc2)=C1Sc1ccccc1.[I-].[I-].[Pd+2]. The Morgan fingerprint density at radius 2 is 0.511 bits per heavy atom. The molecule has 2 aliphatic rings. The van der Waals surface area contributed by atoms with Gasteiger partial charge in [-0.3, -0.25) is 0 Å². The fraction of sp³-hybridized carbons (Fsp3) is 0.118. The molecule has 0 saturated carbocycles. The van der Waals surface area contributed by atoms with Gasteiger partial charge in [-0.25, -0.2) is 0 Å². The van der Waals surface area contributed by atoms with Crippen LogP contribution in [0.3, 0.4) is 0 Å². The van der Waals surface area contributed by atoms with Crippen molar-refractivity contribution < 1.29 is 68.4 Å². The van der Waals surface area contributed by atoms with Gasteiger partial charge in [0.25, 0.3) is 0 Å². The molecule has 0 aromatic heterocycles. The molecule has 4 nitrogen and oxygen atoms in total. The van der Waals surface area contributed by atoms with Crippen molar-refractivity contribution >= 4 is 47.0 Å². The largest absolute Gasteiger partial charge is 2.00 e. The molecule has 0 spiro atoms. The molecule has 2 heterocycles. The van der Waals surface area contributed by atoms with Gasteiger partial charge in [-0.15, -0.1) is 0 Å². The Morgan fingerprint density at radius 3 is 0.689 bits per heavy atom. The second-order valence-corrected chi connectivity index (χ2v) is 13.8. The third-order valence-corrected chi connectivity index (χ3v) is 11.2. The molecular formula is C34H34I2N4PdS4. The molecule has 11 heteroatoms. The first-order valence-electron chi connectivity index (χ1n) is 13.5. The van der Waals surface area contributed by atoms with E-state index in [-0.39, 0.29) is 68.4 Å². The summed E-state index contributed by atoms with van der Waals surface area (Å²) in [6.45, 7) is 4.24. The van der Waals surface area contributed by atoms with E-state index in [4.69, 9.17) is 0 Å². The average molecular weight is 987 g/mol. The topological polar surface area (TPSA) is 13.0 Å². The van der Waals surface area contributed by atoms with Crippen LogP contribution in [0.25, 0.3) is 0 Å². The van der Waals surface area contributed by atoms with Crippen molar-refractivity contribution in [3.8, 4) is 0 Å². The Morgan fingerprint density at radius 1 is 0.333 bits per heavy atom. The van der Waals surface area contributed by atoms with Crippen molar-refractivity contribution in [1.82, 2.24) is 19.6 Å². The Bertz CT molecular complexity index is 1270. The minimum atomic E-state index is 0. The average Bonchev–Trinajstić information content (AvgIpc) is 3.43. The normalized spacial score (nSPS) is 14.0. The summed E-state index contributed by atoms with van der Waals surface area (Å²) >= 11 is 7.21. The Balaban J connectivity index is 0.000000294. The zero-order valence-electron chi connectivity index (χ0n) is 25.2. The Labute approximate surface area is 333 Å². The number of nitrogens with zero attached hydrogens (tertiary/aromatic N) is 4. The molecular weight excluding hydrogens is 953 g/mol. The number of thioether (sulfide) groups is 4. The van der Waals surface area contributed by atoms with Gasteiger partial charge in [-0.1, -0.05) is 120 Å². The summed E-state index contributed by atoms with van der Waals surface area (Å²) in [5.41, 5.74) is 0. The van der Waals surface area contributed by atoms with E-state index < -0.39 is 0 Å². The van der Waals surface area contributed by atoms with Crippen molar-refractivity contribution in [2.45, 2.75) is 19.6 Å². The molecule has 0 fully saturated rings. The number of benzene rings is 4. The summed E-state index contributed by atoms with van der Waals surface area (Å²) < 4.78 is 0. The van der Waals surface area contributed by atoms with Gasteiger partial charge in [0, 0.05) is 47.8 Å². The summed E-state index contributed by atoms with van der Waals surface area (Å²) in [7, 11) is 8.39. The smallest absolute Gasteiger partial charge is 1.00 e. The van der Waals surface area contributed by atoms with Crippen LogP contribution in [0, 0.1) is 13.3 Å². The summed E-state index contributed by atoms with van der Waals surface area (Å²) in [6, 6.07) is 42.0. The van der Waals surface area contributed by atoms with E-state index in [1.807, 2.05) is 0 Å². The van der Waals surface area contributed by atoms with E-state index in [1.54, 1.807) is 47.0 Å². The third-order valence-electron chi connectivity index (χ3n) is 6.17. The molecule has 0 bridgehead atoms. The Hall–Kier alpha value is -0.918. The quantitative estimate of drug-likeness (QED) is 0.195. The molecule has 0 N–H and O–H groups in total. The third kappa shape index (κ3) is 11.6. The van der Waals surface area contributed by atoms with Gasteiger partial charge < -0.3 is 67.6 Å². The van der Waals surface area contributed by atoms with Crippen molar-refractivity contribution in [2.75, 3.05) is 28.2 Å². The zero-order chi connectivity index (χ0) is 29.3. The van der Waals surface area contributed by atoms with E-state index in [0.29, 0.717) is 0 Å². The molecule has 238 valence electrons. The van der Waals surface area contributed by atoms with Crippen molar-refractivity contribution in [2.24, 2.45) is 0 Å². The first-order valence-corrected chi connectivity index (χ1v) is 16.8. The molecule has 0 saturated heterocycles. The fourth-order valence-electron chi connectivity index (χ4n) is 4.20. The summed E-state index contributed by atoms with van der Waals surface area (Å²) in [5.74, 6) is 0. The predicted octanol–water partition coefficient (Wildman–Crippen LogP) is 3.39. The number of hydrogen-bond acceptors (Lipinski definition) is 8. The van der Waals surface area contributed by atoms with E-state index in [9.17, 15) is 0 Å². The first kappa shape index (κ1) is 40.3. The van der Waals surface area contributed by atoms with Crippen molar-refractivity contribution in [1.29, 1.82) is 0 Å². The van der Waals surface area contributed by atoms with E-state index in [0.717, 1.165) is 0 Å². The van der Waals surface area contributed by atoms with Crippen molar-refractivity contribution in [3.63, 3.8) is 0 Å². The molecule has 4 aromatic rings. The molecule has 0 amide bonds. The molecule has 4 aromatic carbocycles. The summed E-state index contributed by atoms with van der Waals surface area (Å²) in [4.78, 5) is 13.8. The Kier molecular flexibility index (Phi) is 18.3. The number of hydrogen-bond donors (Lipinski definition) is 0. The van der Waals surface area contributed by atoms with E-state index in [2.05, 4.69) is 182 Å². The van der Waals surface area contributed by atoms with Crippen LogP contribution in [-0.4, -0.2) is 47.8 Å². The van der Waals surface area contributed by atoms with Gasteiger partial charge in [-0.05, 0) is 48.5 Å². The van der Waals surface area contributed by atoms with Crippen LogP contribution in [0.4, 0.5) is 0 Å². The number of rotatable bonds is 8. The van der Waals surface area contributed by atoms with E-state index >= 15 is 0 Å². The second-order valence-electron chi connectivity index (χ2n) is 9.56. The monoisotopic (exact) mass is 986 g/mol. The minimum Gasteiger partial charge on any atom is -1.00 e.